The highest BCUT2D eigenvalue weighted by molar-refractivity contribution is 6.01. The van der Waals surface area contributed by atoms with E-state index >= 15 is 0 Å². The molecule has 1 aliphatic carbocycles. The number of amides is 2. The molecule has 0 bridgehead atoms. The van der Waals surface area contributed by atoms with Crippen molar-refractivity contribution in [3.63, 3.8) is 0 Å². The van der Waals surface area contributed by atoms with E-state index in [1.54, 1.807) is 13.2 Å². The van der Waals surface area contributed by atoms with Gasteiger partial charge in [-0.3, -0.25) is 14.4 Å². The van der Waals surface area contributed by atoms with E-state index in [2.05, 4.69) is 21.7 Å². The van der Waals surface area contributed by atoms with Crippen molar-refractivity contribution in [2.75, 3.05) is 7.11 Å². The van der Waals surface area contributed by atoms with Crippen LogP contribution in [-0.4, -0.2) is 41.8 Å². The van der Waals surface area contributed by atoms with Gasteiger partial charge in [0.05, 0.1) is 13.2 Å². The van der Waals surface area contributed by atoms with E-state index in [1.807, 2.05) is 39.0 Å². The second kappa shape index (κ2) is 10.7. The Labute approximate surface area is 200 Å². The summed E-state index contributed by atoms with van der Waals surface area (Å²) in [7, 11) is 1.57. The third-order valence-corrected chi connectivity index (χ3v) is 6.20. The zero-order valence-corrected chi connectivity index (χ0v) is 20.4. The highest BCUT2D eigenvalue weighted by Gasteiger charge is 2.31. The Morgan fingerprint density at radius 1 is 1.26 bits per heavy atom. The van der Waals surface area contributed by atoms with Crippen LogP contribution in [0.4, 0.5) is 0 Å². The summed E-state index contributed by atoms with van der Waals surface area (Å²) in [5.74, 6) is -0.235. The fraction of sp³-hybridized carbons (Fsp3) is 0.538. The minimum Gasteiger partial charge on any atom is -0.496 e. The van der Waals surface area contributed by atoms with Gasteiger partial charge in [-0.1, -0.05) is 33.3 Å². The molecule has 0 radical (unpaired) electrons. The lowest BCUT2D eigenvalue weighted by Gasteiger charge is -2.28. The lowest BCUT2D eigenvalue weighted by atomic mass is 9.83. The van der Waals surface area contributed by atoms with Gasteiger partial charge in [-0.25, -0.2) is 0 Å². The molecular formula is C26H34N4O4. The molecule has 1 aromatic carbocycles. The molecule has 2 amide bonds. The van der Waals surface area contributed by atoms with E-state index in [0.717, 1.165) is 30.2 Å². The van der Waals surface area contributed by atoms with Gasteiger partial charge in [-0.2, -0.15) is 5.26 Å². The molecule has 8 nitrogen and oxygen atoms in total. The third-order valence-electron chi connectivity index (χ3n) is 6.20. The van der Waals surface area contributed by atoms with Gasteiger partial charge in [0.2, 0.25) is 5.91 Å². The number of hydrogen-bond donors (Lipinski definition) is 3. The second-order valence-electron chi connectivity index (χ2n) is 10.2. The highest BCUT2D eigenvalue weighted by atomic mass is 16.5. The maximum atomic E-state index is 13.2. The van der Waals surface area contributed by atoms with Crippen molar-refractivity contribution < 1.29 is 19.1 Å². The first-order valence-electron chi connectivity index (χ1n) is 11.8. The lowest BCUT2D eigenvalue weighted by Crippen LogP contribution is -2.51. The molecule has 0 saturated heterocycles. The molecule has 3 N–H and O–H groups in total. The molecule has 3 unspecified atom stereocenters. The van der Waals surface area contributed by atoms with E-state index in [1.165, 1.54) is 0 Å². The smallest absolute Gasteiger partial charge is 0.268 e. The molecule has 2 aromatic rings. The molecule has 34 heavy (non-hydrogen) atoms. The lowest BCUT2D eigenvalue weighted by molar-refractivity contribution is -0.126. The zero-order valence-electron chi connectivity index (χ0n) is 20.4. The molecule has 3 atom stereocenters. The predicted molar refractivity (Wildman–Crippen MR) is 129 cm³/mol. The topological polar surface area (TPSA) is 124 Å². The van der Waals surface area contributed by atoms with Gasteiger partial charge in [-0.05, 0) is 49.3 Å². The van der Waals surface area contributed by atoms with Crippen molar-refractivity contribution in [2.24, 2.45) is 11.3 Å². The van der Waals surface area contributed by atoms with Crippen LogP contribution in [-0.2, 0) is 9.59 Å². The number of nitriles is 1. The van der Waals surface area contributed by atoms with Crippen LogP contribution in [0, 0.1) is 22.7 Å². The maximum absolute atomic E-state index is 13.2. The van der Waals surface area contributed by atoms with E-state index in [-0.39, 0.29) is 17.1 Å². The summed E-state index contributed by atoms with van der Waals surface area (Å²) in [6.07, 6.45) is 3.82. The van der Waals surface area contributed by atoms with Gasteiger partial charge in [-0.15, -0.1) is 0 Å². The molecule has 1 heterocycles. The largest absolute Gasteiger partial charge is 0.496 e. The number of ketones is 1. The molecule has 1 aromatic heterocycles. The molecule has 1 fully saturated rings. The number of fused-ring (bicyclic) bond motifs is 1. The first-order valence-corrected chi connectivity index (χ1v) is 11.8. The van der Waals surface area contributed by atoms with Crippen molar-refractivity contribution in [1.82, 2.24) is 15.6 Å². The first-order chi connectivity index (χ1) is 16.1. The number of H-pyrrole nitrogens is 1. The Morgan fingerprint density at radius 3 is 2.68 bits per heavy atom. The van der Waals surface area contributed by atoms with E-state index in [4.69, 9.17) is 4.74 Å². The summed E-state index contributed by atoms with van der Waals surface area (Å²) < 4.78 is 5.36. The number of hydrogen-bond acceptors (Lipinski definition) is 5. The normalized spacial score (nSPS) is 18.1. The van der Waals surface area contributed by atoms with E-state index in [9.17, 15) is 19.6 Å². The van der Waals surface area contributed by atoms with Crippen molar-refractivity contribution in [3.8, 4) is 11.8 Å². The Morgan fingerprint density at radius 2 is 2.03 bits per heavy atom. The number of carbonyl (C=O) groups is 3. The van der Waals surface area contributed by atoms with Gasteiger partial charge in [0.1, 0.15) is 29.3 Å². The van der Waals surface area contributed by atoms with E-state index in [0.29, 0.717) is 30.7 Å². The van der Waals surface area contributed by atoms with Gasteiger partial charge in [0.15, 0.2) is 0 Å². The minimum absolute atomic E-state index is 0.162. The number of aromatic nitrogens is 1. The number of Topliss-reactive ketones (excluding diaryl/α,β-unsaturated/α-hetero) is 1. The molecule has 1 saturated carbocycles. The third kappa shape index (κ3) is 6.37. The fourth-order valence-electron chi connectivity index (χ4n) is 4.49. The first kappa shape index (κ1) is 25.3. The van der Waals surface area contributed by atoms with Crippen LogP contribution in [0.1, 0.15) is 69.8 Å². The zero-order chi connectivity index (χ0) is 24.9. The summed E-state index contributed by atoms with van der Waals surface area (Å²) in [6.45, 7) is 5.95. The van der Waals surface area contributed by atoms with Crippen LogP contribution in [0.25, 0.3) is 10.9 Å². The molecule has 3 rings (SSSR count). The number of rotatable bonds is 8. The molecule has 182 valence electrons. The number of benzene rings is 1. The summed E-state index contributed by atoms with van der Waals surface area (Å²) in [6, 6.07) is 7.68. The Hall–Kier alpha value is -3.34. The van der Waals surface area contributed by atoms with Crippen LogP contribution in [0.3, 0.4) is 0 Å². The summed E-state index contributed by atoms with van der Waals surface area (Å²) >= 11 is 0. The second-order valence-corrected chi connectivity index (χ2v) is 10.2. The number of methoxy groups -OCH3 is 1. The monoisotopic (exact) mass is 466 g/mol. The van der Waals surface area contributed by atoms with Crippen LogP contribution in [0.2, 0.25) is 0 Å². The van der Waals surface area contributed by atoms with Crippen molar-refractivity contribution in [3.05, 3.63) is 30.0 Å². The average molecular weight is 467 g/mol. The summed E-state index contributed by atoms with van der Waals surface area (Å²) in [4.78, 5) is 41.5. The number of ether oxygens (including phenoxy) is 1. The molecule has 0 spiro atoms. The van der Waals surface area contributed by atoms with Crippen molar-refractivity contribution in [2.45, 2.75) is 71.4 Å². The minimum atomic E-state index is -0.835. The van der Waals surface area contributed by atoms with E-state index < -0.39 is 23.9 Å². The number of carbonyl (C=O) groups excluding carboxylic acids is 3. The summed E-state index contributed by atoms with van der Waals surface area (Å²) in [5.41, 5.74) is 0.819. The predicted octanol–water partition coefficient (Wildman–Crippen LogP) is 3.87. The quantitative estimate of drug-likeness (QED) is 0.545. The van der Waals surface area contributed by atoms with Crippen molar-refractivity contribution in [1.29, 1.82) is 5.26 Å². The van der Waals surface area contributed by atoms with Gasteiger partial charge in [0.25, 0.3) is 5.91 Å². The SMILES string of the molecule is COc1cccc2[nH]c(C(=O)NC(CC(C)(C)C)C(=O)NC(C#N)CC3CCCCC3=O)cc12. The highest BCUT2D eigenvalue weighted by Crippen LogP contribution is 2.27. The average Bonchev–Trinajstić information content (AvgIpc) is 3.23. The van der Waals surface area contributed by atoms with Crippen LogP contribution in [0.15, 0.2) is 24.3 Å². The Balaban J connectivity index is 1.74. The van der Waals surface area contributed by atoms with Crippen LogP contribution >= 0.6 is 0 Å². The molecule has 1 aliphatic rings. The van der Waals surface area contributed by atoms with Crippen molar-refractivity contribution >= 4 is 28.5 Å². The molecule has 0 aliphatic heterocycles. The Kier molecular flexibility index (Phi) is 7.98. The molecule has 8 heteroatoms. The fourth-order valence-corrected chi connectivity index (χ4v) is 4.49. The van der Waals surface area contributed by atoms with Gasteiger partial charge >= 0.3 is 0 Å². The van der Waals surface area contributed by atoms with Crippen LogP contribution in [0.5, 0.6) is 5.75 Å². The Bertz CT molecular complexity index is 1090. The number of nitrogens with zero attached hydrogens (tertiary/aromatic N) is 1. The standard InChI is InChI=1S/C26H34N4O4/c1-26(2,3)14-21(25(33)28-17(15-27)12-16-8-5-6-10-22(16)31)30-24(32)20-13-18-19(29-20)9-7-11-23(18)34-4/h7,9,11,13,16-17,21,29H,5-6,8,10,12,14H2,1-4H3,(H,28,33)(H,30,32). The van der Waals surface area contributed by atoms with Gasteiger partial charge in [0, 0.05) is 23.2 Å². The molecular weight excluding hydrogens is 432 g/mol. The van der Waals surface area contributed by atoms with Gasteiger partial charge < -0.3 is 20.4 Å². The number of nitrogens with one attached hydrogen (secondary N) is 3. The maximum Gasteiger partial charge on any atom is 0.268 e. The number of aromatic amines is 1. The van der Waals surface area contributed by atoms with Crippen LogP contribution < -0.4 is 15.4 Å². The summed E-state index contributed by atoms with van der Waals surface area (Å²) in [5, 5.41) is 16.0.